The largest absolute Gasteiger partial charge is 0.416 e. The lowest BCUT2D eigenvalue weighted by Crippen LogP contribution is -2.29. The number of benzene rings is 1. The van der Waals surface area contributed by atoms with Gasteiger partial charge in [-0.3, -0.25) is 0 Å². The summed E-state index contributed by atoms with van der Waals surface area (Å²) in [5.74, 6) is 0.974. The topological polar surface area (TPSA) is 102 Å². The number of anilines is 1. The molecule has 0 radical (unpaired) electrons. The van der Waals surface area contributed by atoms with Gasteiger partial charge < -0.3 is 5.32 Å². The van der Waals surface area contributed by atoms with E-state index in [9.17, 15) is 21.6 Å². The average molecular weight is 426 g/mol. The lowest BCUT2D eigenvalue weighted by Gasteiger charge is -2.11. The van der Waals surface area contributed by atoms with Crippen molar-refractivity contribution in [1.82, 2.24) is 24.5 Å². The number of aryl methyl sites for hydroxylation is 1. The van der Waals surface area contributed by atoms with E-state index in [1.54, 1.807) is 16.9 Å². The number of alkyl halides is 3. The Balaban J connectivity index is 1.59. The number of halogens is 3. The molecule has 0 fully saturated rings. The molecule has 8 nitrogen and oxygen atoms in total. The summed E-state index contributed by atoms with van der Waals surface area (Å²) in [5.41, 5.74) is -0.206. The highest BCUT2D eigenvalue weighted by Crippen LogP contribution is 2.30. The number of rotatable bonds is 7. The number of hydrogen-bond acceptors (Lipinski definition) is 6. The fourth-order valence-corrected chi connectivity index (χ4v) is 3.49. The van der Waals surface area contributed by atoms with Crippen LogP contribution in [0, 0.1) is 6.92 Å². The summed E-state index contributed by atoms with van der Waals surface area (Å²) in [4.78, 5) is 7.69. The van der Waals surface area contributed by atoms with E-state index >= 15 is 0 Å². The van der Waals surface area contributed by atoms with Crippen LogP contribution < -0.4 is 10.0 Å². The van der Waals surface area contributed by atoms with Crippen LogP contribution in [0.4, 0.5) is 19.0 Å². The zero-order valence-corrected chi connectivity index (χ0v) is 16.0. The van der Waals surface area contributed by atoms with Gasteiger partial charge in [0.05, 0.1) is 16.2 Å². The van der Waals surface area contributed by atoms with Crippen LogP contribution in [0.2, 0.25) is 0 Å². The third-order valence-electron chi connectivity index (χ3n) is 3.80. The maximum Gasteiger partial charge on any atom is 0.416 e. The molecule has 0 amide bonds. The second kappa shape index (κ2) is 8.17. The van der Waals surface area contributed by atoms with Crippen molar-refractivity contribution in [2.45, 2.75) is 18.0 Å². The van der Waals surface area contributed by atoms with E-state index < -0.39 is 26.7 Å². The Morgan fingerprint density at radius 2 is 1.90 bits per heavy atom. The van der Waals surface area contributed by atoms with Crippen LogP contribution in [0.15, 0.2) is 53.8 Å². The Bertz CT molecular complexity index is 1100. The van der Waals surface area contributed by atoms with Crippen molar-refractivity contribution in [2.75, 3.05) is 18.4 Å². The van der Waals surface area contributed by atoms with Crippen molar-refractivity contribution in [3.05, 3.63) is 60.2 Å². The first-order valence-electron chi connectivity index (χ1n) is 8.41. The third-order valence-corrected chi connectivity index (χ3v) is 5.26. The fourth-order valence-electron chi connectivity index (χ4n) is 2.41. The van der Waals surface area contributed by atoms with Crippen LogP contribution in [-0.2, 0) is 16.2 Å². The molecule has 0 aliphatic carbocycles. The Morgan fingerprint density at radius 1 is 1.10 bits per heavy atom. The number of aromatic nitrogens is 4. The summed E-state index contributed by atoms with van der Waals surface area (Å²) in [6.07, 6.45) is -1.54. The van der Waals surface area contributed by atoms with Crippen LogP contribution in [0.25, 0.3) is 5.82 Å². The molecule has 0 spiro atoms. The molecule has 1 aromatic carbocycles. The van der Waals surface area contributed by atoms with E-state index in [4.69, 9.17) is 0 Å². The predicted octanol–water partition coefficient (Wildman–Crippen LogP) is 2.38. The summed E-state index contributed by atoms with van der Waals surface area (Å²) in [6.45, 7) is 1.94. The molecule has 0 saturated carbocycles. The lowest BCUT2D eigenvalue weighted by atomic mass is 10.2. The Morgan fingerprint density at radius 3 is 2.59 bits per heavy atom. The number of hydrogen-bond donors (Lipinski definition) is 2. The second-order valence-corrected chi connectivity index (χ2v) is 7.78. The van der Waals surface area contributed by atoms with E-state index in [0.717, 1.165) is 23.9 Å². The highest BCUT2D eigenvalue weighted by atomic mass is 32.2. The van der Waals surface area contributed by atoms with Gasteiger partial charge >= 0.3 is 6.18 Å². The first kappa shape index (κ1) is 20.7. The predicted molar refractivity (Wildman–Crippen MR) is 99.0 cm³/mol. The van der Waals surface area contributed by atoms with Crippen molar-refractivity contribution >= 4 is 15.8 Å². The zero-order valence-electron chi connectivity index (χ0n) is 15.2. The number of nitrogens with zero attached hydrogens (tertiary/aromatic N) is 4. The molecule has 2 N–H and O–H groups in total. The summed E-state index contributed by atoms with van der Waals surface area (Å²) >= 11 is 0. The van der Waals surface area contributed by atoms with E-state index in [1.807, 2.05) is 13.0 Å². The Hall–Kier alpha value is -2.99. The molecule has 154 valence electrons. The van der Waals surface area contributed by atoms with Gasteiger partial charge in [-0.05, 0) is 31.2 Å². The molecule has 0 unspecified atom stereocenters. The maximum atomic E-state index is 12.8. The molecule has 2 aromatic heterocycles. The molecule has 0 atom stereocenters. The summed E-state index contributed by atoms with van der Waals surface area (Å²) in [6, 6.07) is 7.02. The minimum Gasteiger partial charge on any atom is -0.369 e. The summed E-state index contributed by atoms with van der Waals surface area (Å²) < 4.78 is 66.6. The van der Waals surface area contributed by atoms with E-state index in [0.29, 0.717) is 17.7 Å². The highest BCUT2D eigenvalue weighted by Gasteiger charge is 2.31. The molecular formula is C17H17F3N6O2S. The summed E-state index contributed by atoms with van der Waals surface area (Å²) in [5, 5.41) is 7.16. The quantitative estimate of drug-likeness (QED) is 0.563. The van der Waals surface area contributed by atoms with Crippen LogP contribution >= 0.6 is 0 Å². The van der Waals surface area contributed by atoms with Crippen LogP contribution in [-0.4, -0.2) is 41.3 Å². The zero-order chi connectivity index (χ0) is 21.1. The van der Waals surface area contributed by atoms with Gasteiger partial charge in [-0.1, -0.05) is 6.07 Å². The van der Waals surface area contributed by atoms with Gasteiger partial charge in [-0.25, -0.2) is 27.8 Å². The number of nitrogens with one attached hydrogen (secondary N) is 2. The molecule has 0 bridgehead atoms. The molecule has 3 rings (SSSR count). The monoisotopic (exact) mass is 426 g/mol. The van der Waals surface area contributed by atoms with Crippen LogP contribution in [0.1, 0.15) is 11.3 Å². The van der Waals surface area contributed by atoms with Gasteiger partial charge in [0.2, 0.25) is 10.0 Å². The van der Waals surface area contributed by atoms with Crippen molar-refractivity contribution in [3.63, 3.8) is 0 Å². The molecule has 29 heavy (non-hydrogen) atoms. The van der Waals surface area contributed by atoms with Crippen LogP contribution in [0.3, 0.4) is 0 Å². The van der Waals surface area contributed by atoms with Crippen molar-refractivity contribution < 1.29 is 21.6 Å². The van der Waals surface area contributed by atoms with Gasteiger partial charge in [0, 0.05) is 25.4 Å². The van der Waals surface area contributed by atoms with Crippen molar-refractivity contribution in [1.29, 1.82) is 0 Å². The molecule has 0 saturated heterocycles. The van der Waals surface area contributed by atoms with Crippen molar-refractivity contribution in [3.8, 4) is 5.82 Å². The van der Waals surface area contributed by atoms with E-state index in [-0.39, 0.29) is 13.1 Å². The minimum atomic E-state index is -4.62. The van der Waals surface area contributed by atoms with Crippen molar-refractivity contribution in [2.24, 2.45) is 0 Å². The fraction of sp³-hybridized carbons (Fsp3) is 0.235. The van der Waals surface area contributed by atoms with Gasteiger partial charge in [0.1, 0.15) is 12.1 Å². The molecule has 0 aliphatic rings. The first-order chi connectivity index (χ1) is 13.6. The first-order valence-corrected chi connectivity index (χ1v) is 9.89. The van der Waals surface area contributed by atoms with Gasteiger partial charge in [-0.15, -0.1) is 0 Å². The van der Waals surface area contributed by atoms with Crippen LogP contribution in [0.5, 0.6) is 0 Å². The SMILES string of the molecule is Cc1ccn(-c2cc(NCCNS(=O)(=O)c3cccc(C(F)(F)F)c3)ncn2)n1. The normalized spacial score (nSPS) is 12.1. The van der Waals surface area contributed by atoms with Gasteiger partial charge in [-0.2, -0.15) is 18.3 Å². The standard InChI is InChI=1S/C17H17F3N6O2S/c1-12-5-8-26(25-12)16-10-15(22-11-23-16)21-6-7-24-29(27,28)14-4-2-3-13(9-14)17(18,19)20/h2-5,8-11,24H,6-7H2,1H3,(H,21,22,23). The molecule has 2 heterocycles. The third kappa shape index (κ3) is 5.29. The van der Waals surface area contributed by atoms with Gasteiger partial charge in [0.15, 0.2) is 5.82 Å². The minimum absolute atomic E-state index is 0.0568. The van der Waals surface area contributed by atoms with E-state index in [1.165, 1.54) is 6.33 Å². The Labute approximate surface area is 164 Å². The molecular weight excluding hydrogens is 409 g/mol. The van der Waals surface area contributed by atoms with Gasteiger partial charge in [0.25, 0.3) is 0 Å². The molecule has 12 heteroatoms. The van der Waals surface area contributed by atoms with E-state index in [2.05, 4.69) is 25.1 Å². The maximum absolute atomic E-state index is 12.8. The smallest absolute Gasteiger partial charge is 0.369 e. The highest BCUT2D eigenvalue weighted by molar-refractivity contribution is 7.89. The summed E-state index contributed by atoms with van der Waals surface area (Å²) in [7, 11) is -4.08. The average Bonchev–Trinajstić information content (AvgIpc) is 3.11. The number of sulfonamides is 1. The lowest BCUT2D eigenvalue weighted by molar-refractivity contribution is -0.137. The second-order valence-electron chi connectivity index (χ2n) is 6.01. The molecule has 0 aliphatic heterocycles. The Kier molecular flexibility index (Phi) is 5.84. The molecule has 3 aromatic rings.